The summed E-state index contributed by atoms with van der Waals surface area (Å²) in [6.45, 7) is 1.03. The number of nitriles is 1. The topological polar surface area (TPSA) is 45.0 Å². The van der Waals surface area contributed by atoms with Gasteiger partial charge in [-0.15, -0.1) is 0 Å². The van der Waals surface area contributed by atoms with E-state index < -0.39 is 5.82 Å². The molecule has 2 aromatic rings. The Morgan fingerprint density at radius 2 is 1.90 bits per heavy atom. The lowest BCUT2D eigenvalue weighted by atomic mass is 10.1. The predicted molar refractivity (Wildman–Crippen MR) is 75.6 cm³/mol. The van der Waals surface area contributed by atoms with E-state index in [-0.39, 0.29) is 5.56 Å². The third-order valence-corrected chi connectivity index (χ3v) is 3.01. The molecule has 0 fully saturated rings. The minimum atomic E-state index is -0.511. The fourth-order valence-electron chi connectivity index (χ4n) is 2.00. The second kappa shape index (κ2) is 6.69. The van der Waals surface area contributed by atoms with Crippen LogP contribution >= 0.6 is 0 Å². The molecule has 0 bridgehead atoms. The van der Waals surface area contributed by atoms with Gasteiger partial charge >= 0.3 is 0 Å². The monoisotopic (exact) mass is 270 g/mol. The van der Waals surface area contributed by atoms with Crippen LogP contribution < -0.4 is 5.32 Å². The molecule has 0 saturated carbocycles. The summed E-state index contributed by atoms with van der Waals surface area (Å²) in [5.74, 6) is -0.511. The summed E-state index contributed by atoms with van der Waals surface area (Å²) in [5, 5.41) is 12.1. The summed E-state index contributed by atoms with van der Waals surface area (Å²) in [6, 6.07) is 14.3. The molecule has 0 aromatic heterocycles. The average molecular weight is 270 g/mol. The first-order valence-electron chi connectivity index (χ1n) is 6.24. The molecule has 2 aromatic carbocycles. The number of ether oxygens (including phenoxy) is 1. The molecule has 0 spiro atoms. The maximum atomic E-state index is 13.5. The van der Waals surface area contributed by atoms with E-state index in [4.69, 9.17) is 10.00 Å². The van der Waals surface area contributed by atoms with Gasteiger partial charge in [0.15, 0.2) is 0 Å². The standard InChI is InChI=1S/C16H15FN2O/c1-20-11-13-6-3-2-5-12(13)10-19-16-8-4-7-15(17)14(16)9-18/h2-8,19H,10-11H2,1H3. The Kier molecular flexibility index (Phi) is 4.70. The van der Waals surface area contributed by atoms with Gasteiger partial charge in [0.25, 0.3) is 0 Å². The van der Waals surface area contributed by atoms with E-state index in [1.54, 1.807) is 19.2 Å². The van der Waals surface area contributed by atoms with E-state index in [1.807, 2.05) is 30.3 Å². The van der Waals surface area contributed by atoms with Gasteiger partial charge in [0.2, 0.25) is 0 Å². The largest absolute Gasteiger partial charge is 0.380 e. The molecule has 0 heterocycles. The molecule has 0 aliphatic rings. The zero-order chi connectivity index (χ0) is 14.4. The van der Waals surface area contributed by atoms with Crippen molar-refractivity contribution in [2.75, 3.05) is 12.4 Å². The van der Waals surface area contributed by atoms with Crippen molar-refractivity contribution >= 4 is 5.69 Å². The van der Waals surface area contributed by atoms with Gasteiger partial charge in [-0.3, -0.25) is 0 Å². The normalized spacial score (nSPS) is 10.1. The highest BCUT2D eigenvalue weighted by Gasteiger charge is 2.08. The average Bonchev–Trinajstić information content (AvgIpc) is 2.47. The molecule has 0 aliphatic carbocycles. The van der Waals surface area contributed by atoms with E-state index in [1.165, 1.54) is 6.07 Å². The zero-order valence-corrected chi connectivity index (χ0v) is 11.2. The van der Waals surface area contributed by atoms with Crippen LogP contribution in [-0.2, 0) is 17.9 Å². The molecule has 0 unspecified atom stereocenters. The lowest BCUT2D eigenvalue weighted by Crippen LogP contribution is -2.05. The van der Waals surface area contributed by atoms with E-state index in [0.29, 0.717) is 18.8 Å². The molecule has 2 rings (SSSR count). The first-order chi connectivity index (χ1) is 9.76. The van der Waals surface area contributed by atoms with Gasteiger partial charge in [-0.1, -0.05) is 30.3 Å². The number of nitrogens with one attached hydrogen (secondary N) is 1. The SMILES string of the molecule is COCc1ccccc1CNc1cccc(F)c1C#N. The molecular weight excluding hydrogens is 255 g/mol. The Balaban J connectivity index is 2.18. The van der Waals surface area contributed by atoms with Crippen LogP contribution in [0.4, 0.5) is 10.1 Å². The number of methoxy groups -OCH3 is 1. The molecule has 3 nitrogen and oxygen atoms in total. The van der Waals surface area contributed by atoms with Gasteiger partial charge in [0.1, 0.15) is 17.4 Å². The third kappa shape index (κ3) is 3.14. The smallest absolute Gasteiger partial charge is 0.143 e. The second-order valence-corrected chi connectivity index (χ2v) is 4.33. The van der Waals surface area contributed by atoms with E-state index >= 15 is 0 Å². The summed E-state index contributed by atoms with van der Waals surface area (Å²) in [5.41, 5.74) is 2.66. The molecule has 0 saturated heterocycles. The molecule has 1 N–H and O–H groups in total. The fraction of sp³-hybridized carbons (Fsp3) is 0.188. The maximum absolute atomic E-state index is 13.5. The number of rotatable bonds is 5. The molecule has 0 radical (unpaired) electrons. The first-order valence-corrected chi connectivity index (χ1v) is 6.24. The van der Waals surface area contributed by atoms with Crippen LogP contribution in [0.3, 0.4) is 0 Å². The van der Waals surface area contributed by atoms with Crippen LogP contribution in [0.15, 0.2) is 42.5 Å². The van der Waals surface area contributed by atoms with Crippen molar-refractivity contribution in [1.82, 2.24) is 0 Å². The Bertz CT molecular complexity index is 635. The maximum Gasteiger partial charge on any atom is 0.143 e. The third-order valence-electron chi connectivity index (χ3n) is 3.01. The van der Waals surface area contributed by atoms with Gasteiger partial charge < -0.3 is 10.1 Å². The second-order valence-electron chi connectivity index (χ2n) is 4.33. The number of nitrogens with zero attached hydrogens (tertiary/aromatic N) is 1. The Morgan fingerprint density at radius 1 is 1.15 bits per heavy atom. The van der Waals surface area contributed by atoms with Gasteiger partial charge in [0, 0.05) is 13.7 Å². The number of hydrogen-bond acceptors (Lipinski definition) is 3. The summed E-state index contributed by atoms with van der Waals surface area (Å²) in [7, 11) is 1.64. The molecule has 20 heavy (non-hydrogen) atoms. The fourth-order valence-corrected chi connectivity index (χ4v) is 2.00. The lowest BCUT2D eigenvalue weighted by Gasteiger charge is -2.12. The van der Waals surface area contributed by atoms with Gasteiger partial charge in [-0.2, -0.15) is 5.26 Å². The van der Waals surface area contributed by atoms with Crippen molar-refractivity contribution in [3.8, 4) is 6.07 Å². The van der Waals surface area contributed by atoms with E-state index in [2.05, 4.69) is 5.32 Å². The number of benzene rings is 2. The zero-order valence-electron chi connectivity index (χ0n) is 11.2. The summed E-state index contributed by atoms with van der Waals surface area (Å²) in [4.78, 5) is 0. The van der Waals surface area contributed by atoms with Crippen molar-refractivity contribution in [1.29, 1.82) is 5.26 Å². The lowest BCUT2D eigenvalue weighted by molar-refractivity contribution is 0.184. The molecule has 0 amide bonds. The molecule has 102 valence electrons. The van der Waals surface area contributed by atoms with E-state index in [0.717, 1.165) is 11.1 Å². The molecular formula is C16H15FN2O. The van der Waals surface area contributed by atoms with Crippen molar-refractivity contribution in [2.24, 2.45) is 0 Å². The van der Waals surface area contributed by atoms with Crippen LogP contribution in [-0.4, -0.2) is 7.11 Å². The van der Waals surface area contributed by atoms with Crippen LogP contribution in [0.2, 0.25) is 0 Å². The van der Waals surface area contributed by atoms with E-state index in [9.17, 15) is 4.39 Å². The van der Waals surface area contributed by atoms with Crippen molar-refractivity contribution in [3.05, 3.63) is 65.0 Å². The summed E-state index contributed by atoms with van der Waals surface area (Å²) in [6.07, 6.45) is 0. The molecule has 4 heteroatoms. The van der Waals surface area contributed by atoms with Gasteiger partial charge in [0.05, 0.1) is 12.3 Å². The summed E-state index contributed by atoms with van der Waals surface area (Å²) >= 11 is 0. The highest BCUT2D eigenvalue weighted by molar-refractivity contribution is 5.58. The first kappa shape index (κ1) is 14.0. The Morgan fingerprint density at radius 3 is 2.60 bits per heavy atom. The minimum absolute atomic E-state index is 0.0386. The highest BCUT2D eigenvalue weighted by Crippen LogP contribution is 2.19. The van der Waals surface area contributed by atoms with Crippen LogP contribution in [0.5, 0.6) is 0 Å². The van der Waals surface area contributed by atoms with Crippen molar-refractivity contribution in [2.45, 2.75) is 13.2 Å². The molecule has 0 aliphatic heterocycles. The van der Waals surface area contributed by atoms with Gasteiger partial charge in [-0.05, 0) is 23.3 Å². The minimum Gasteiger partial charge on any atom is -0.380 e. The quantitative estimate of drug-likeness (QED) is 0.905. The number of anilines is 1. The van der Waals surface area contributed by atoms with Crippen LogP contribution in [0.1, 0.15) is 16.7 Å². The highest BCUT2D eigenvalue weighted by atomic mass is 19.1. The molecule has 0 atom stereocenters. The van der Waals surface area contributed by atoms with Gasteiger partial charge in [-0.25, -0.2) is 4.39 Å². The number of hydrogen-bond donors (Lipinski definition) is 1. The van der Waals surface area contributed by atoms with Crippen LogP contribution in [0, 0.1) is 17.1 Å². The summed E-state index contributed by atoms with van der Waals surface area (Å²) < 4.78 is 18.6. The van der Waals surface area contributed by atoms with Crippen LogP contribution in [0.25, 0.3) is 0 Å². The number of halogens is 1. The Hall–Kier alpha value is -2.38. The Labute approximate surface area is 117 Å². The van der Waals surface area contributed by atoms with Crippen molar-refractivity contribution in [3.63, 3.8) is 0 Å². The predicted octanol–water partition coefficient (Wildman–Crippen LogP) is 3.46. The van der Waals surface area contributed by atoms with Crippen molar-refractivity contribution < 1.29 is 9.13 Å².